The number of fused-ring (bicyclic) bond motifs is 2. The normalized spacial score (nSPS) is 52.6. The summed E-state index contributed by atoms with van der Waals surface area (Å²) in [6.45, 7) is 8.31. The Morgan fingerprint density at radius 3 is 2.30 bits per heavy atom. The third-order valence-electron chi connectivity index (χ3n) is 7.42. The van der Waals surface area contributed by atoms with E-state index in [1.165, 1.54) is 6.42 Å². The summed E-state index contributed by atoms with van der Waals surface area (Å²) in [6.07, 6.45) is 7.20. The lowest BCUT2D eigenvalue weighted by molar-refractivity contribution is -0.275. The van der Waals surface area contributed by atoms with Crippen molar-refractivity contribution in [3.63, 3.8) is 0 Å². The molecule has 0 aromatic heterocycles. The Hall–Kier alpha value is -0.240. The first-order valence-corrected chi connectivity index (χ1v) is 10.8. The zero-order valence-corrected chi connectivity index (χ0v) is 16.9. The number of epoxide rings is 2. The molecule has 7 atom stereocenters. The maximum absolute atomic E-state index is 5.99. The minimum Gasteiger partial charge on any atom is -0.366 e. The van der Waals surface area contributed by atoms with Crippen molar-refractivity contribution < 1.29 is 28.4 Å². The molecule has 3 heterocycles. The van der Waals surface area contributed by atoms with Crippen molar-refractivity contribution >= 4 is 0 Å². The average Bonchev–Trinajstić information content (AvgIpc) is 3.52. The summed E-state index contributed by atoms with van der Waals surface area (Å²) in [7, 11) is 0. The lowest BCUT2D eigenvalue weighted by atomic mass is 9.82. The Kier molecular flexibility index (Phi) is 4.81. The molecule has 6 nitrogen and oxygen atoms in total. The van der Waals surface area contributed by atoms with Crippen LogP contribution < -0.4 is 0 Å². The van der Waals surface area contributed by atoms with Crippen molar-refractivity contribution in [3.8, 4) is 0 Å². The molecule has 3 aliphatic heterocycles. The summed E-state index contributed by atoms with van der Waals surface area (Å²) in [5.41, 5.74) is 0.320. The highest BCUT2D eigenvalue weighted by Crippen LogP contribution is 2.51. The minimum atomic E-state index is -0.234. The lowest BCUT2D eigenvalue weighted by Crippen LogP contribution is -2.44. The molecule has 154 valence electrons. The first-order valence-electron chi connectivity index (χ1n) is 10.8. The highest BCUT2D eigenvalue weighted by Gasteiger charge is 2.57. The van der Waals surface area contributed by atoms with Crippen molar-refractivity contribution in [3.05, 3.63) is 0 Å². The van der Waals surface area contributed by atoms with Gasteiger partial charge in [-0.05, 0) is 65.2 Å². The van der Waals surface area contributed by atoms with Gasteiger partial charge in [0.15, 0.2) is 12.6 Å². The second-order valence-electron chi connectivity index (χ2n) is 9.71. The Labute approximate surface area is 162 Å². The monoisotopic (exact) mass is 382 g/mol. The molecule has 0 aromatic rings. The zero-order chi connectivity index (χ0) is 18.6. The minimum absolute atomic E-state index is 0.0521. The fourth-order valence-electron chi connectivity index (χ4n) is 5.22. The van der Waals surface area contributed by atoms with Gasteiger partial charge in [0.1, 0.15) is 6.10 Å². The van der Waals surface area contributed by atoms with Gasteiger partial charge >= 0.3 is 0 Å². The van der Waals surface area contributed by atoms with Crippen LogP contribution in [0.3, 0.4) is 0 Å². The Morgan fingerprint density at radius 1 is 0.963 bits per heavy atom. The van der Waals surface area contributed by atoms with Crippen LogP contribution in [0.25, 0.3) is 0 Å². The first kappa shape index (κ1) is 18.8. The molecule has 0 amide bonds. The summed E-state index contributed by atoms with van der Waals surface area (Å²) in [4.78, 5) is 0. The van der Waals surface area contributed by atoms with Gasteiger partial charge in [-0.1, -0.05) is 0 Å². The van der Waals surface area contributed by atoms with Crippen LogP contribution in [0, 0.1) is 11.8 Å². The number of ether oxygens (including phenoxy) is 6. The molecule has 5 rings (SSSR count). The van der Waals surface area contributed by atoms with Crippen molar-refractivity contribution in [2.75, 3.05) is 19.8 Å². The van der Waals surface area contributed by atoms with Gasteiger partial charge in [0, 0.05) is 5.92 Å². The quantitative estimate of drug-likeness (QED) is 0.520. The summed E-state index contributed by atoms with van der Waals surface area (Å²) in [5, 5.41) is 0. The largest absolute Gasteiger partial charge is 0.366 e. The Morgan fingerprint density at radius 2 is 1.63 bits per heavy atom. The van der Waals surface area contributed by atoms with E-state index in [1.807, 2.05) is 6.92 Å². The van der Waals surface area contributed by atoms with Crippen molar-refractivity contribution in [1.29, 1.82) is 0 Å². The van der Waals surface area contributed by atoms with E-state index in [1.54, 1.807) is 0 Å². The molecule has 7 unspecified atom stereocenters. The second-order valence-corrected chi connectivity index (χ2v) is 9.71. The molecule has 0 bridgehead atoms. The highest BCUT2D eigenvalue weighted by molar-refractivity contribution is 5.04. The summed E-state index contributed by atoms with van der Waals surface area (Å²) in [6, 6.07) is 0. The smallest absolute Gasteiger partial charge is 0.160 e. The van der Waals surface area contributed by atoms with Crippen molar-refractivity contribution in [2.45, 2.75) is 101 Å². The predicted molar refractivity (Wildman–Crippen MR) is 97.2 cm³/mol. The van der Waals surface area contributed by atoms with Gasteiger partial charge in [-0.15, -0.1) is 0 Å². The molecule has 6 heteroatoms. The van der Waals surface area contributed by atoms with Crippen LogP contribution in [-0.4, -0.2) is 61.9 Å². The Balaban J connectivity index is 0.990. The van der Waals surface area contributed by atoms with Gasteiger partial charge in [-0.3, -0.25) is 0 Å². The summed E-state index contributed by atoms with van der Waals surface area (Å²) in [5.74, 6) is 1.03. The number of hydrogen-bond donors (Lipinski definition) is 0. The van der Waals surface area contributed by atoms with Crippen LogP contribution in [0.15, 0.2) is 0 Å². The van der Waals surface area contributed by atoms with Gasteiger partial charge < -0.3 is 28.4 Å². The molecule has 0 aromatic carbocycles. The molecule has 5 aliphatic rings. The van der Waals surface area contributed by atoms with E-state index in [4.69, 9.17) is 28.4 Å². The van der Waals surface area contributed by atoms with E-state index < -0.39 is 0 Å². The van der Waals surface area contributed by atoms with E-state index in [-0.39, 0.29) is 29.9 Å². The first-order chi connectivity index (χ1) is 12.9. The molecule has 0 spiro atoms. The van der Waals surface area contributed by atoms with Gasteiger partial charge in [0.25, 0.3) is 0 Å². The molecule has 2 aliphatic carbocycles. The number of rotatable bonds is 6. The maximum atomic E-state index is 5.99. The third-order valence-corrected chi connectivity index (χ3v) is 7.42. The molecule has 27 heavy (non-hydrogen) atoms. The lowest BCUT2D eigenvalue weighted by Gasteiger charge is -2.36. The van der Waals surface area contributed by atoms with E-state index >= 15 is 0 Å². The van der Waals surface area contributed by atoms with E-state index in [2.05, 4.69) is 13.8 Å². The van der Waals surface area contributed by atoms with E-state index in [0.29, 0.717) is 37.3 Å². The third kappa shape index (κ3) is 3.94. The summed E-state index contributed by atoms with van der Waals surface area (Å²) < 4.78 is 35.5. The van der Waals surface area contributed by atoms with Crippen molar-refractivity contribution in [1.82, 2.24) is 0 Å². The summed E-state index contributed by atoms with van der Waals surface area (Å²) >= 11 is 0. The average molecular weight is 382 g/mol. The van der Waals surface area contributed by atoms with Crippen LogP contribution in [0.1, 0.15) is 59.3 Å². The highest BCUT2D eigenvalue weighted by atomic mass is 16.7. The van der Waals surface area contributed by atoms with Gasteiger partial charge in [-0.25, -0.2) is 0 Å². The zero-order valence-electron chi connectivity index (χ0n) is 16.9. The molecular formula is C21H34O6. The van der Waals surface area contributed by atoms with E-state index in [0.717, 1.165) is 38.7 Å². The van der Waals surface area contributed by atoms with Crippen LogP contribution in [-0.2, 0) is 28.4 Å². The molecule has 0 radical (unpaired) electrons. The van der Waals surface area contributed by atoms with Crippen LogP contribution >= 0.6 is 0 Å². The maximum Gasteiger partial charge on any atom is 0.160 e. The molecular weight excluding hydrogens is 348 g/mol. The molecule has 3 saturated heterocycles. The van der Waals surface area contributed by atoms with Gasteiger partial charge in [0.05, 0.1) is 43.2 Å². The van der Waals surface area contributed by atoms with Crippen molar-refractivity contribution in [2.24, 2.45) is 11.8 Å². The van der Waals surface area contributed by atoms with Gasteiger partial charge in [-0.2, -0.15) is 0 Å². The fourth-order valence-corrected chi connectivity index (χ4v) is 5.22. The molecule has 0 N–H and O–H groups in total. The van der Waals surface area contributed by atoms with Crippen LogP contribution in [0.5, 0.6) is 0 Å². The predicted octanol–water partition coefficient (Wildman–Crippen LogP) is 3.02. The van der Waals surface area contributed by atoms with E-state index in [9.17, 15) is 0 Å². The molecule has 2 saturated carbocycles. The Bertz CT molecular complexity index is 549. The fraction of sp³-hybridized carbons (Fsp3) is 1.00. The number of hydrogen-bond acceptors (Lipinski definition) is 6. The van der Waals surface area contributed by atoms with Gasteiger partial charge in [0.2, 0.25) is 0 Å². The van der Waals surface area contributed by atoms with Crippen LogP contribution in [0.2, 0.25) is 0 Å². The second kappa shape index (κ2) is 6.92. The van der Waals surface area contributed by atoms with Crippen LogP contribution in [0.4, 0.5) is 0 Å². The molecule has 5 fully saturated rings. The standard InChI is InChI=1S/C21H34O6/c1-13(22-10-14-4-6-20(2)17(8-14)26-20)25-16-11-23-19(24-12-16)15-5-7-21(3)18(9-15)27-21/h13-19H,4-12H2,1-3H3. The SMILES string of the molecule is CC(OCC1CCC2(C)OC2C1)OC1COC(C2CCC3(C)OC3C2)OC1. The topological polar surface area (TPSA) is 62.0 Å².